The molecule has 1 N–H and O–H groups in total. The molecule has 0 amide bonds. The molecule has 18 heavy (non-hydrogen) atoms. The maximum atomic E-state index is 11.3. The fourth-order valence-electron chi connectivity index (χ4n) is 3.96. The Morgan fingerprint density at radius 3 is 2.56 bits per heavy atom. The van der Waals surface area contributed by atoms with Gasteiger partial charge in [0.2, 0.25) is 0 Å². The second-order valence-electron chi connectivity index (χ2n) is 6.39. The molecule has 6 atom stereocenters. The molecule has 2 rings (SSSR count). The van der Waals surface area contributed by atoms with Crippen molar-refractivity contribution in [2.45, 2.75) is 52.6 Å². The minimum Gasteiger partial charge on any atom is -0.481 e. The zero-order chi connectivity index (χ0) is 13.3. The van der Waals surface area contributed by atoms with Crippen molar-refractivity contribution >= 4 is 5.97 Å². The molecular formula is C15H26O3. The quantitative estimate of drug-likeness (QED) is 0.823. The first-order valence-electron chi connectivity index (χ1n) is 7.35. The summed E-state index contributed by atoms with van der Waals surface area (Å²) in [6, 6.07) is 0. The van der Waals surface area contributed by atoms with Crippen LogP contribution in [0.25, 0.3) is 0 Å². The van der Waals surface area contributed by atoms with Gasteiger partial charge in [0.05, 0.1) is 18.6 Å². The number of rotatable bonds is 2. The Hall–Kier alpha value is -0.570. The van der Waals surface area contributed by atoms with Gasteiger partial charge in [-0.15, -0.1) is 0 Å². The van der Waals surface area contributed by atoms with E-state index in [0.717, 1.165) is 25.4 Å². The Morgan fingerprint density at radius 1 is 1.17 bits per heavy atom. The summed E-state index contributed by atoms with van der Waals surface area (Å²) in [6.07, 6.45) is 4.89. The molecule has 3 nitrogen and oxygen atoms in total. The standard InChI is InChI=1S/C15H26O3/c1-9-4-6-13(11(3)15(16)17)14-8-18-10(2)5-7-12(9)14/h9-14H,4-8H2,1-3H3,(H,16,17)/t9-,10?,11?,12+,13?,14?/m1/s1. The van der Waals surface area contributed by atoms with E-state index in [1.807, 2.05) is 6.92 Å². The van der Waals surface area contributed by atoms with Crippen LogP contribution in [0.15, 0.2) is 0 Å². The number of carboxylic acids is 1. The normalized spacial score (nSPS) is 42.7. The van der Waals surface area contributed by atoms with Gasteiger partial charge in [-0.05, 0) is 49.9 Å². The third-order valence-corrected chi connectivity index (χ3v) is 5.30. The van der Waals surface area contributed by atoms with Gasteiger partial charge in [0.1, 0.15) is 0 Å². The number of aliphatic carboxylic acids is 1. The van der Waals surface area contributed by atoms with Gasteiger partial charge < -0.3 is 9.84 Å². The van der Waals surface area contributed by atoms with Gasteiger partial charge in [-0.1, -0.05) is 20.3 Å². The molecule has 0 aromatic rings. The van der Waals surface area contributed by atoms with E-state index in [1.165, 1.54) is 12.8 Å². The van der Waals surface area contributed by atoms with Crippen LogP contribution in [0.4, 0.5) is 0 Å². The molecular weight excluding hydrogens is 228 g/mol. The first-order chi connectivity index (χ1) is 8.50. The first-order valence-corrected chi connectivity index (χ1v) is 7.35. The Bertz CT molecular complexity index is 302. The van der Waals surface area contributed by atoms with E-state index in [9.17, 15) is 9.90 Å². The van der Waals surface area contributed by atoms with Crippen LogP contribution in [0.3, 0.4) is 0 Å². The average Bonchev–Trinajstić information content (AvgIpc) is 2.52. The summed E-state index contributed by atoms with van der Waals surface area (Å²) in [5.41, 5.74) is 0. The molecule has 1 saturated carbocycles. The van der Waals surface area contributed by atoms with E-state index in [0.29, 0.717) is 23.9 Å². The maximum absolute atomic E-state index is 11.3. The van der Waals surface area contributed by atoms with Crippen molar-refractivity contribution in [2.24, 2.45) is 29.6 Å². The van der Waals surface area contributed by atoms with Gasteiger partial charge in [-0.25, -0.2) is 0 Å². The lowest BCUT2D eigenvalue weighted by Gasteiger charge is -2.42. The van der Waals surface area contributed by atoms with Crippen molar-refractivity contribution in [3.63, 3.8) is 0 Å². The number of ether oxygens (including phenoxy) is 1. The second-order valence-corrected chi connectivity index (χ2v) is 6.39. The van der Waals surface area contributed by atoms with Crippen molar-refractivity contribution in [2.75, 3.05) is 6.61 Å². The fourth-order valence-corrected chi connectivity index (χ4v) is 3.96. The highest BCUT2D eigenvalue weighted by Crippen LogP contribution is 2.46. The summed E-state index contributed by atoms with van der Waals surface area (Å²) >= 11 is 0. The summed E-state index contributed by atoms with van der Waals surface area (Å²) < 4.78 is 5.89. The molecule has 2 fully saturated rings. The monoisotopic (exact) mass is 254 g/mol. The van der Waals surface area contributed by atoms with Crippen LogP contribution in [0.5, 0.6) is 0 Å². The van der Waals surface area contributed by atoms with Crippen LogP contribution in [-0.4, -0.2) is 23.8 Å². The Morgan fingerprint density at radius 2 is 1.89 bits per heavy atom. The maximum Gasteiger partial charge on any atom is 0.306 e. The third kappa shape index (κ3) is 2.71. The zero-order valence-corrected chi connectivity index (χ0v) is 11.8. The van der Waals surface area contributed by atoms with Gasteiger partial charge in [0.25, 0.3) is 0 Å². The molecule has 0 radical (unpaired) electrons. The van der Waals surface area contributed by atoms with Crippen LogP contribution < -0.4 is 0 Å². The van der Waals surface area contributed by atoms with Gasteiger partial charge in [0.15, 0.2) is 0 Å². The summed E-state index contributed by atoms with van der Waals surface area (Å²) in [5.74, 6) is 1.25. The Labute approximate surface area is 110 Å². The molecule has 1 aliphatic carbocycles. The smallest absolute Gasteiger partial charge is 0.306 e. The third-order valence-electron chi connectivity index (χ3n) is 5.30. The Balaban J connectivity index is 2.15. The van der Waals surface area contributed by atoms with E-state index in [4.69, 9.17) is 4.74 Å². The average molecular weight is 254 g/mol. The van der Waals surface area contributed by atoms with Crippen molar-refractivity contribution in [1.82, 2.24) is 0 Å². The SMILES string of the molecule is CC1CC[C@@H]2C(CO1)C(C(C)C(=O)O)CC[C@H]2C. The van der Waals surface area contributed by atoms with E-state index in [-0.39, 0.29) is 5.92 Å². The summed E-state index contributed by atoms with van der Waals surface area (Å²) in [7, 11) is 0. The lowest BCUT2D eigenvalue weighted by atomic mass is 9.63. The largest absolute Gasteiger partial charge is 0.481 e. The van der Waals surface area contributed by atoms with Crippen LogP contribution in [-0.2, 0) is 9.53 Å². The van der Waals surface area contributed by atoms with Gasteiger partial charge in [-0.2, -0.15) is 0 Å². The van der Waals surface area contributed by atoms with Crippen LogP contribution >= 0.6 is 0 Å². The van der Waals surface area contributed by atoms with Crippen LogP contribution in [0, 0.1) is 29.6 Å². The number of fused-ring (bicyclic) bond motifs is 1. The number of carbonyl (C=O) groups is 1. The summed E-state index contributed by atoms with van der Waals surface area (Å²) in [6.45, 7) is 7.10. The van der Waals surface area contributed by atoms with Crippen molar-refractivity contribution in [3.05, 3.63) is 0 Å². The minimum atomic E-state index is -0.648. The molecule has 3 heteroatoms. The Kier molecular flexibility index (Phi) is 4.31. The van der Waals surface area contributed by atoms with E-state index in [1.54, 1.807) is 0 Å². The van der Waals surface area contributed by atoms with Crippen LogP contribution in [0.1, 0.15) is 46.5 Å². The second kappa shape index (κ2) is 5.60. The molecule has 1 aliphatic heterocycles. The molecule has 0 aromatic heterocycles. The summed E-state index contributed by atoms with van der Waals surface area (Å²) in [5, 5.41) is 9.27. The van der Waals surface area contributed by atoms with Gasteiger partial charge in [0, 0.05) is 0 Å². The van der Waals surface area contributed by atoms with Crippen molar-refractivity contribution in [3.8, 4) is 0 Å². The first kappa shape index (κ1) is 13.9. The molecule has 4 unspecified atom stereocenters. The predicted octanol–water partition coefficient (Wildman–Crippen LogP) is 3.18. The topological polar surface area (TPSA) is 46.5 Å². The molecule has 0 spiro atoms. The van der Waals surface area contributed by atoms with Gasteiger partial charge in [-0.3, -0.25) is 4.79 Å². The van der Waals surface area contributed by atoms with Crippen molar-refractivity contribution < 1.29 is 14.6 Å². The summed E-state index contributed by atoms with van der Waals surface area (Å²) in [4.78, 5) is 11.3. The number of hydrogen-bond donors (Lipinski definition) is 1. The zero-order valence-electron chi connectivity index (χ0n) is 11.8. The molecule has 0 aromatic carbocycles. The molecule has 104 valence electrons. The predicted molar refractivity (Wildman–Crippen MR) is 70.3 cm³/mol. The molecule has 1 heterocycles. The van der Waals surface area contributed by atoms with E-state index in [2.05, 4.69) is 13.8 Å². The van der Waals surface area contributed by atoms with E-state index >= 15 is 0 Å². The van der Waals surface area contributed by atoms with Crippen LogP contribution in [0.2, 0.25) is 0 Å². The number of carboxylic acid groups (broad SMARTS) is 1. The fraction of sp³-hybridized carbons (Fsp3) is 0.933. The minimum absolute atomic E-state index is 0.234. The lowest BCUT2D eigenvalue weighted by molar-refractivity contribution is -0.145. The lowest BCUT2D eigenvalue weighted by Crippen LogP contribution is -2.40. The van der Waals surface area contributed by atoms with E-state index < -0.39 is 5.97 Å². The number of hydrogen-bond acceptors (Lipinski definition) is 2. The highest BCUT2D eigenvalue weighted by Gasteiger charge is 2.42. The molecule has 1 saturated heterocycles. The van der Waals surface area contributed by atoms with Gasteiger partial charge >= 0.3 is 5.97 Å². The highest BCUT2D eigenvalue weighted by molar-refractivity contribution is 5.69. The highest BCUT2D eigenvalue weighted by atomic mass is 16.5. The molecule has 2 aliphatic rings. The van der Waals surface area contributed by atoms with Crippen molar-refractivity contribution in [1.29, 1.82) is 0 Å². The molecule has 0 bridgehead atoms.